The first-order valence-electron chi connectivity index (χ1n) is 4.98. The number of rotatable bonds is 5. The highest BCUT2D eigenvalue weighted by Gasteiger charge is 2.14. The van der Waals surface area contributed by atoms with Crippen LogP contribution in [0.15, 0.2) is 17.3 Å². The van der Waals surface area contributed by atoms with Crippen LogP contribution in [0, 0.1) is 0 Å². The molecular formula is C10H14N2O4S2. The van der Waals surface area contributed by atoms with Crippen molar-refractivity contribution in [2.45, 2.75) is 5.03 Å². The Balaban J connectivity index is 2.81. The molecule has 0 spiro atoms. The lowest BCUT2D eigenvalue weighted by atomic mass is 10.2. The average molecular weight is 290 g/mol. The largest absolute Gasteiger partial charge is 0.465 e. The number of aromatic nitrogens is 1. The Morgan fingerprint density at radius 2 is 2.22 bits per heavy atom. The third-order valence-electron chi connectivity index (χ3n) is 2.05. The van der Waals surface area contributed by atoms with E-state index >= 15 is 0 Å². The first-order valence-corrected chi connectivity index (χ1v) is 8.03. The molecule has 0 aliphatic rings. The van der Waals surface area contributed by atoms with E-state index in [1.165, 1.54) is 31.1 Å². The molecule has 1 aromatic rings. The molecule has 0 aliphatic heterocycles. The van der Waals surface area contributed by atoms with E-state index in [0.29, 0.717) is 10.8 Å². The number of carbonyl (C=O) groups excluding carboxylic acids is 1. The van der Waals surface area contributed by atoms with Gasteiger partial charge in [0.2, 0.25) is 0 Å². The van der Waals surface area contributed by atoms with Gasteiger partial charge in [-0.1, -0.05) is 0 Å². The molecule has 0 saturated carbocycles. The predicted octanol–water partition coefficient (Wildman–Crippen LogP) is 0.587. The summed E-state index contributed by atoms with van der Waals surface area (Å²) >= 11 is 1.19. The van der Waals surface area contributed by atoms with Crippen LogP contribution in [-0.2, 0) is 14.6 Å². The van der Waals surface area contributed by atoms with Crippen LogP contribution in [0.4, 0.5) is 5.69 Å². The lowest BCUT2D eigenvalue weighted by Gasteiger charge is -2.07. The van der Waals surface area contributed by atoms with Crippen LogP contribution in [0.3, 0.4) is 0 Å². The number of nitrogens with two attached hydrogens (primary N) is 1. The molecule has 8 heteroatoms. The lowest BCUT2D eigenvalue weighted by Crippen LogP contribution is -2.09. The minimum absolute atomic E-state index is 0.0290. The molecule has 1 heterocycles. The first kappa shape index (κ1) is 14.8. The van der Waals surface area contributed by atoms with Crippen molar-refractivity contribution >= 4 is 33.3 Å². The summed E-state index contributed by atoms with van der Waals surface area (Å²) in [4.78, 5) is 15.4. The minimum atomic E-state index is -3.02. The topological polar surface area (TPSA) is 99.3 Å². The van der Waals surface area contributed by atoms with E-state index in [9.17, 15) is 13.2 Å². The fraction of sp³-hybridized carbons (Fsp3) is 0.400. The van der Waals surface area contributed by atoms with E-state index in [4.69, 9.17) is 5.73 Å². The number of thioether (sulfide) groups is 1. The number of nitrogens with zero attached hydrogens (tertiary/aromatic N) is 1. The molecule has 0 aromatic carbocycles. The molecule has 100 valence electrons. The Hall–Kier alpha value is -1.28. The molecule has 0 radical (unpaired) electrons. The van der Waals surface area contributed by atoms with E-state index in [1.54, 1.807) is 0 Å². The third kappa shape index (κ3) is 4.19. The smallest absolute Gasteiger partial charge is 0.340 e. The molecule has 0 unspecified atom stereocenters. The number of pyridine rings is 1. The van der Waals surface area contributed by atoms with Gasteiger partial charge in [-0.05, 0) is 6.07 Å². The molecule has 1 rings (SSSR count). The van der Waals surface area contributed by atoms with Gasteiger partial charge >= 0.3 is 5.97 Å². The number of esters is 1. The predicted molar refractivity (Wildman–Crippen MR) is 70.4 cm³/mol. The van der Waals surface area contributed by atoms with E-state index in [-0.39, 0.29) is 17.0 Å². The number of ether oxygens (including phenoxy) is 1. The van der Waals surface area contributed by atoms with E-state index < -0.39 is 15.8 Å². The van der Waals surface area contributed by atoms with Crippen LogP contribution in [0.25, 0.3) is 0 Å². The summed E-state index contributed by atoms with van der Waals surface area (Å²) in [5.74, 6) is -0.179. The highest BCUT2D eigenvalue weighted by atomic mass is 32.2. The highest BCUT2D eigenvalue weighted by Crippen LogP contribution is 2.25. The van der Waals surface area contributed by atoms with E-state index in [0.717, 1.165) is 6.26 Å². The van der Waals surface area contributed by atoms with Crippen molar-refractivity contribution in [3.63, 3.8) is 0 Å². The van der Waals surface area contributed by atoms with Gasteiger partial charge in [0.1, 0.15) is 14.9 Å². The Morgan fingerprint density at radius 3 is 2.78 bits per heavy atom. The zero-order chi connectivity index (χ0) is 13.8. The summed E-state index contributed by atoms with van der Waals surface area (Å²) in [6, 6.07) is 1.46. The van der Waals surface area contributed by atoms with Gasteiger partial charge in [0.15, 0.2) is 0 Å². The van der Waals surface area contributed by atoms with Crippen LogP contribution >= 0.6 is 11.8 Å². The third-order valence-corrected chi connectivity index (χ3v) is 4.26. The fourth-order valence-corrected chi connectivity index (χ4v) is 3.29. The molecule has 0 atom stereocenters. The van der Waals surface area contributed by atoms with Crippen molar-refractivity contribution in [3.8, 4) is 0 Å². The van der Waals surface area contributed by atoms with Crippen LogP contribution in [0.5, 0.6) is 0 Å². The standard InChI is InChI=1S/C10H14N2O4S2/c1-16-10(13)7-3-4-12-9(8(7)11)17-5-6-18(2,14)15/h3-4H,5-6,11H2,1-2H3. The summed E-state index contributed by atoms with van der Waals surface area (Å²) < 4.78 is 26.6. The maximum absolute atomic E-state index is 11.4. The highest BCUT2D eigenvalue weighted by molar-refractivity contribution is 8.00. The Bertz CT molecular complexity index is 543. The SMILES string of the molecule is COC(=O)c1ccnc(SCCS(C)(=O)=O)c1N. The van der Waals surface area contributed by atoms with E-state index in [1.807, 2.05) is 0 Å². The van der Waals surface area contributed by atoms with Crippen molar-refractivity contribution in [1.29, 1.82) is 0 Å². The number of carbonyl (C=O) groups is 1. The van der Waals surface area contributed by atoms with Crippen molar-refractivity contribution in [2.75, 3.05) is 30.6 Å². The number of anilines is 1. The van der Waals surface area contributed by atoms with Crippen molar-refractivity contribution in [1.82, 2.24) is 4.98 Å². The second kappa shape index (κ2) is 6.05. The normalized spacial score (nSPS) is 11.2. The van der Waals surface area contributed by atoms with Crippen molar-refractivity contribution < 1.29 is 17.9 Å². The van der Waals surface area contributed by atoms with Gasteiger partial charge in [-0.15, -0.1) is 11.8 Å². The van der Waals surface area contributed by atoms with Gasteiger partial charge in [-0.3, -0.25) is 0 Å². The Labute approximate surface area is 110 Å². The van der Waals surface area contributed by atoms with E-state index in [2.05, 4.69) is 9.72 Å². The summed E-state index contributed by atoms with van der Waals surface area (Å²) in [7, 11) is -1.76. The van der Waals surface area contributed by atoms with Crippen LogP contribution in [0.1, 0.15) is 10.4 Å². The fourth-order valence-electron chi connectivity index (χ4n) is 1.15. The molecule has 2 N–H and O–H groups in total. The molecule has 18 heavy (non-hydrogen) atoms. The number of hydrogen-bond donors (Lipinski definition) is 1. The summed E-state index contributed by atoms with van der Waals surface area (Å²) in [5.41, 5.74) is 6.22. The van der Waals surface area contributed by atoms with Gasteiger partial charge in [0.05, 0.1) is 24.1 Å². The summed E-state index contributed by atoms with van der Waals surface area (Å²) in [6.45, 7) is 0. The lowest BCUT2D eigenvalue weighted by molar-refractivity contribution is 0.0601. The van der Waals surface area contributed by atoms with Crippen molar-refractivity contribution in [3.05, 3.63) is 17.8 Å². The molecule has 0 aliphatic carbocycles. The van der Waals surface area contributed by atoms with Gasteiger partial charge in [-0.25, -0.2) is 18.2 Å². The van der Waals surface area contributed by atoms with Crippen LogP contribution in [0.2, 0.25) is 0 Å². The number of methoxy groups -OCH3 is 1. The van der Waals surface area contributed by atoms with Crippen molar-refractivity contribution in [2.24, 2.45) is 0 Å². The van der Waals surface area contributed by atoms with Crippen LogP contribution in [-0.4, -0.2) is 44.2 Å². The number of hydrogen-bond acceptors (Lipinski definition) is 7. The Kier molecular flexibility index (Phi) is 4.97. The molecule has 0 bridgehead atoms. The zero-order valence-electron chi connectivity index (χ0n) is 10.0. The van der Waals surface area contributed by atoms with Crippen LogP contribution < -0.4 is 5.73 Å². The minimum Gasteiger partial charge on any atom is -0.465 e. The monoisotopic (exact) mass is 290 g/mol. The van der Waals surface area contributed by atoms with Gasteiger partial charge in [-0.2, -0.15) is 0 Å². The summed E-state index contributed by atoms with van der Waals surface area (Å²) in [6.07, 6.45) is 2.60. The second-order valence-electron chi connectivity index (χ2n) is 3.55. The molecule has 0 amide bonds. The molecule has 6 nitrogen and oxygen atoms in total. The van der Waals surface area contributed by atoms with Gasteiger partial charge in [0.25, 0.3) is 0 Å². The van der Waals surface area contributed by atoms with Gasteiger partial charge in [0, 0.05) is 18.2 Å². The maximum Gasteiger partial charge on any atom is 0.340 e. The summed E-state index contributed by atoms with van der Waals surface area (Å²) in [5, 5.41) is 0.432. The molecule has 0 saturated heterocycles. The molecule has 0 fully saturated rings. The molecular weight excluding hydrogens is 276 g/mol. The molecule has 1 aromatic heterocycles. The number of sulfone groups is 1. The Morgan fingerprint density at radius 1 is 1.56 bits per heavy atom. The quantitative estimate of drug-likeness (QED) is 0.625. The zero-order valence-corrected chi connectivity index (χ0v) is 11.7. The average Bonchev–Trinajstić information content (AvgIpc) is 2.29. The maximum atomic E-state index is 11.4. The second-order valence-corrected chi connectivity index (χ2v) is 6.89. The van der Waals surface area contributed by atoms with Gasteiger partial charge < -0.3 is 10.5 Å². The first-order chi connectivity index (χ1) is 8.35. The number of nitrogen functional groups attached to an aromatic ring is 1.